The fourth-order valence-electron chi connectivity index (χ4n) is 2.89. The van der Waals surface area contributed by atoms with Gasteiger partial charge < -0.3 is 25.5 Å². The summed E-state index contributed by atoms with van der Waals surface area (Å²) in [4.78, 5) is 24.0. The highest BCUT2D eigenvalue weighted by Gasteiger charge is 2.18. The van der Waals surface area contributed by atoms with Crippen LogP contribution in [-0.4, -0.2) is 20.9 Å². The number of nitrogens with one attached hydrogen (secondary N) is 2. The SMILES string of the molecule is C=CC(=O)NCc1coc(-c2c(N)ncnc2Nc2ccc(Oc3ccc(F)cc3)c(Cl)c2)n1. The smallest absolute Gasteiger partial charge is 0.243 e. The quantitative estimate of drug-likeness (QED) is 0.305. The normalized spacial score (nSPS) is 10.5. The summed E-state index contributed by atoms with van der Waals surface area (Å²) in [7, 11) is 0. The Labute approximate surface area is 198 Å². The van der Waals surface area contributed by atoms with E-state index in [0.717, 1.165) is 6.08 Å². The van der Waals surface area contributed by atoms with Crippen molar-refractivity contribution in [3.63, 3.8) is 0 Å². The lowest BCUT2D eigenvalue weighted by molar-refractivity contribution is -0.116. The van der Waals surface area contributed by atoms with Gasteiger partial charge in [-0.25, -0.2) is 19.3 Å². The van der Waals surface area contributed by atoms with E-state index in [1.165, 1.54) is 36.9 Å². The second-order valence-electron chi connectivity index (χ2n) is 6.87. The van der Waals surface area contributed by atoms with Gasteiger partial charge in [-0.1, -0.05) is 18.2 Å². The van der Waals surface area contributed by atoms with Gasteiger partial charge in [0.2, 0.25) is 11.8 Å². The molecular weight excluding hydrogens is 463 g/mol. The summed E-state index contributed by atoms with van der Waals surface area (Å²) in [6.07, 6.45) is 3.85. The summed E-state index contributed by atoms with van der Waals surface area (Å²) in [6, 6.07) is 10.6. The summed E-state index contributed by atoms with van der Waals surface area (Å²) in [5, 5.41) is 6.04. The molecule has 0 aliphatic heterocycles. The number of aromatic nitrogens is 3. The van der Waals surface area contributed by atoms with Crippen molar-refractivity contribution in [2.45, 2.75) is 6.54 Å². The van der Waals surface area contributed by atoms with Gasteiger partial charge in [0, 0.05) is 5.69 Å². The largest absolute Gasteiger partial charge is 0.456 e. The zero-order chi connectivity index (χ0) is 24.1. The topological polar surface area (TPSA) is 128 Å². The van der Waals surface area contributed by atoms with E-state index in [-0.39, 0.29) is 30.0 Å². The van der Waals surface area contributed by atoms with Crippen molar-refractivity contribution in [2.75, 3.05) is 11.1 Å². The molecule has 2 heterocycles. The molecule has 4 rings (SSSR count). The van der Waals surface area contributed by atoms with Crippen LogP contribution in [0.5, 0.6) is 11.5 Å². The maximum absolute atomic E-state index is 13.1. The molecule has 0 bridgehead atoms. The number of hydrogen-bond acceptors (Lipinski definition) is 8. The molecule has 0 saturated heterocycles. The Hall–Kier alpha value is -4.44. The van der Waals surface area contributed by atoms with E-state index in [4.69, 9.17) is 26.5 Å². The van der Waals surface area contributed by atoms with Crippen molar-refractivity contribution in [3.8, 4) is 23.0 Å². The van der Waals surface area contributed by atoms with E-state index >= 15 is 0 Å². The fourth-order valence-corrected chi connectivity index (χ4v) is 3.10. The van der Waals surface area contributed by atoms with Gasteiger partial charge in [0.25, 0.3) is 0 Å². The van der Waals surface area contributed by atoms with Gasteiger partial charge in [-0.3, -0.25) is 4.79 Å². The van der Waals surface area contributed by atoms with Crippen LogP contribution in [0, 0.1) is 5.82 Å². The van der Waals surface area contributed by atoms with Crippen molar-refractivity contribution >= 4 is 34.8 Å². The number of amides is 1. The minimum absolute atomic E-state index is 0.142. The number of carbonyl (C=O) groups excluding carboxylic acids is 1. The number of nitrogens with zero attached hydrogens (tertiary/aromatic N) is 3. The first-order chi connectivity index (χ1) is 16.4. The average Bonchev–Trinajstić information content (AvgIpc) is 3.29. The van der Waals surface area contributed by atoms with E-state index in [0.29, 0.717) is 39.3 Å². The van der Waals surface area contributed by atoms with Gasteiger partial charge in [-0.2, -0.15) is 0 Å². The zero-order valence-corrected chi connectivity index (χ0v) is 18.3. The predicted octanol–water partition coefficient (Wildman–Crippen LogP) is 4.84. The van der Waals surface area contributed by atoms with Crippen molar-refractivity contribution in [1.82, 2.24) is 20.3 Å². The Morgan fingerprint density at radius 1 is 1.24 bits per heavy atom. The second kappa shape index (κ2) is 10.0. The third-order valence-corrected chi connectivity index (χ3v) is 4.80. The van der Waals surface area contributed by atoms with E-state index < -0.39 is 0 Å². The Bertz CT molecular complexity index is 1340. The van der Waals surface area contributed by atoms with E-state index in [1.54, 1.807) is 18.2 Å². The standard InChI is InChI=1S/C23H18ClFN6O3/c1-2-19(32)27-10-15-11-33-23(31-15)20-21(26)28-12-29-22(20)30-14-5-8-18(17(24)9-14)34-16-6-3-13(25)4-7-16/h2-9,11-12H,1,10H2,(H,27,32)(H3,26,28,29,30). The number of hydrogen-bond donors (Lipinski definition) is 3. The Kier molecular flexibility index (Phi) is 6.69. The predicted molar refractivity (Wildman–Crippen MR) is 125 cm³/mol. The molecule has 0 saturated carbocycles. The highest BCUT2D eigenvalue weighted by Crippen LogP contribution is 2.35. The molecule has 172 valence electrons. The van der Waals surface area contributed by atoms with Crippen molar-refractivity contribution in [1.29, 1.82) is 0 Å². The Morgan fingerprint density at radius 3 is 2.76 bits per heavy atom. The van der Waals surface area contributed by atoms with Crippen LogP contribution in [0.3, 0.4) is 0 Å². The van der Waals surface area contributed by atoms with Gasteiger partial charge in [-0.15, -0.1) is 0 Å². The highest BCUT2D eigenvalue weighted by molar-refractivity contribution is 6.32. The molecule has 4 aromatic rings. The lowest BCUT2D eigenvalue weighted by Crippen LogP contribution is -2.20. The van der Waals surface area contributed by atoms with E-state index in [9.17, 15) is 9.18 Å². The first kappa shape index (κ1) is 22.7. The molecule has 0 radical (unpaired) electrons. The number of oxazole rings is 1. The van der Waals surface area contributed by atoms with Crippen molar-refractivity contribution in [3.05, 3.63) is 84.2 Å². The van der Waals surface area contributed by atoms with Gasteiger partial charge in [0.15, 0.2) is 0 Å². The first-order valence-electron chi connectivity index (χ1n) is 9.88. The van der Waals surface area contributed by atoms with Crippen molar-refractivity contribution < 1.29 is 18.3 Å². The van der Waals surface area contributed by atoms with Gasteiger partial charge in [0.1, 0.15) is 47.1 Å². The van der Waals surface area contributed by atoms with Crippen LogP contribution in [0.2, 0.25) is 5.02 Å². The molecule has 4 N–H and O–H groups in total. The van der Waals surface area contributed by atoms with Gasteiger partial charge in [-0.05, 0) is 48.5 Å². The summed E-state index contributed by atoms with van der Waals surface area (Å²) in [6.45, 7) is 3.54. The van der Waals surface area contributed by atoms with Crippen LogP contribution in [0.25, 0.3) is 11.5 Å². The Morgan fingerprint density at radius 2 is 2.03 bits per heavy atom. The number of carbonyl (C=O) groups is 1. The molecule has 2 aromatic carbocycles. The van der Waals surface area contributed by atoms with Crippen molar-refractivity contribution in [2.24, 2.45) is 0 Å². The summed E-state index contributed by atoms with van der Waals surface area (Å²) < 4.78 is 24.3. The second-order valence-corrected chi connectivity index (χ2v) is 7.28. The van der Waals surface area contributed by atoms with Crippen LogP contribution in [-0.2, 0) is 11.3 Å². The lowest BCUT2D eigenvalue weighted by Gasteiger charge is -2.12. The van der Waals surface area contributed by atoms with E-state index in [1.807, 2.05) is 0 Å². The summed E-state index contributed by atoms with van der Waals surface area (Å²) >= 11 is 6.37. The molecule has 0 fully saturated rings. The van der Waals surface area contributed by atoms with Gasteiger partial charge >= 0.3 is 0 Å². The van der Waals surface area contributed by atoms with Crippen LogP contribution in [0.15, 0.2) is 72.1 Å². The minimum Gasteiger partial charge on any atom is -0.456 e. The Balaban J connectivity index is 1.54. The molecule has 0 atom stereocenters. The number of anilines is 3. The monoisotopic (exact) mass is 480 g/mol. The molecule has 0 spiro atoms. The number of benzene rings is 2. The average molecular weight is 481 g/mol. The van der Waals surface area contributed by atoms with Crippen LogP contribution in [0.1, 0.15) is 5.69 Å². The summed E-state index contributed by atoms with van der Waals surface area (Å²) in [5.74, 6) is 0.781. The van der Waals surface area contributed by atoms with Gasteiger partial charge in [0.05, 0.1) is 17.3 Å². The van der Waals surface area contributed by atoms with Crippen LogP contribution < -0.4 is 21.1 Å². The minimum atomic E-state index is -0.363. The lowest BCUT2D eigenvalue weighted by atomic mass is 10.2. The molecule has 2 aromatic heterocycles. The maximum atomic E-state index is 13.1. The fraction of sp³-hybridized carbons (Fsp3) is 0.0435. The first-order valence-corrected chi connectivity index (χ1v) is 10.3. The third-order valence-electron chi connectivity index (χ3n) is 4.51. The molecule has 11 heteroatoms. The molecule has 0 unspecified atom stereocenters. The van der Waals surface area contributed by atoms with Crippen LogP contribution >= 0.6 is 11.6 Å². The molecule has 1 amide bonds. The third kappa shape index (κ3) is 5.30. The number of rotatable bonds is 8. The zero-order valence-electron chi connectivity index (χ0n) is 17.6. The molecule has 34 heavy (non-hydrogen) atoms. The molecule has 0 aliphatic rings. The molecule has 9 nitrogen and oxygen atoms in total. The molecule has 0 aliphatic carbocycles. The summed E-state index contributed by atoms with van der Waals surface area (Å²) in [5.41, 5.74) is 7.46. The highest BCUT2D eigenvalue weighted by atomic mass is 35.5. The number of halogens is 2. The number of nitrogen functional groups attached to an aromatic ring is 1. The molecular formula is C23H18ClFN6O3. The maximum Gasteiger partial charge on any atom is 0.243 e. The van der Waals surface area contributed by atoms with E-state index in [2.05, 4.69) is 32.2 Å². The number of ether oxygens (including phenoxy) is 1. The van der Waals surface area contributed by atoms with Crippen LogP contribution in [0.4, 0.5) is 21.7 Å². The number of nitrogens with two attached hydrogens (primary N) is 1.